The predicted octanol–water partition coefficient (Wildman–Crippen LogP) is 5.58. The first-order valence-corrected chi connectivity index (χ1v) is 8.37. The van der Waals surface area contributed by atoms with E-state index in [2.05, 4.69) is 71.5 Å². The first-order valence-electron chi connectivity index (χ1n) is 8.37. The summed E-state index contributed by atoms with van der Waals surface area (Å²) in [5.74, 6) is 1.39. The number of fused-ring (bicyclic) bond motifs is 1. The molecule has 1 atom stereocenters. The highest BCUT2D eigenvalue weighted by Gasteiger charge is 2.12. The largest absolute Gasteiger partial charge is 0.342 e. The molecule has 0 aliphatic rings. The van der Waals surface area contributed by atoms with Gasteiger partial charge in [0.25, 0.3) is 0 Å². The average molecular weight is 312 g/mol. The third-order valence-corrected chi connectivity index (χ3v) is 4.50. The van der Waals surface area contributed by atoms with E-state index in [1.54, 1.807) is 0 Å². The number of hydrogen-bond acceptors (Lipinski definition) is 1. The zero-order chi connectivity index (χ0) is 16.4. The molecule has 0 saturated heterocycles. The molecule has 0 radical (unpaired) electrons. The molecular formula is C22H20N2. The summed E-state index contributed by atoms with van der Waals surface area (Å²) in [4.78, 5) is 8.07. The van der Waals surface area contributed by atoms with Crippen LogP contribution in [-0.4, -0.2) is 9.97 Å². The van der Waals surface area contributed by atoms with Gasteiger partial charge in [-0.25, -0.2) is 4.98 Å². The summed E-state index contributed by atoms with van der Waals surface area (Å²) in [6.07, 6.45) is 2.91. The number of imidazole rings is 1. The van der Waals surface area contributed by atoms with Crippen molar-refractivity contribution in [1.82, 2.24) is 9.97 Å². The number of benzene rings is 3. The minimum Gasteiger partial charge on any atom is -0.342 e. The molecule has 4 aromatic rings. The number of aromatic nitrogens is 2. The van der Waals surface area contributed by atoms with E-state index in [0.29, 0.717) is 5.92 Å². The van der Waals surface area contributed by atoms with Crippen LogP contribution >= 0.6 is 0 Å². The van der Waals surface area contributed by atoms with Gasteiger partial charge < -0.3 is 4.98 Å². The molecular weight excluding hydrogens is 292 g/mol. The van der Waals surface area contributed by atoms with Crippen LogP contribution in [-0.2, 0) is 6.42 Å². The molecule has 0 bridgehead atoms. The summed E-state index contributed by atoms with van der Waals surface area (Å²) in [7, 11) is 0. The number of aromatic amines is 1. The van der Waals surface area contributed by atoms with E-state index in [4.69, 9.17) is 0 Å². The highest BCUT2D eigenvalue weighted by atomic mass is 14.9. The Bertz CT molecular complexity index is 954. The third-order valence-electron chi connectivity index (χ3n) is 4.50. The summed E-state index contributed by atoms with van der Waals surface area (Å²) in [5.41, 5.74) is 3.60. The molecule has 3 aromatic carbocycles. The molecule has 1 aromatic heterocycles. The zero-order valence-electron chi connectivity index (χ0n) is 13.7. The molecule has 0 amide bonds. The van der Waals surface area contributed by atoms with Crippen LogP contribution in [0.1, 0.15) is 24.2 Å². The molecule has 1 heterocycles. The molecule has 0 aliphatic carbocycles. The maximum atomic E-state index is 4.60. The molecule has 4 rings (SSSR count). The number of nitrogens with one attached hydrogen (secondary N) is 1. The fraction of sp³-hybridized carbons (Fsp3) is 0.136. The van der Waals surface area contributed by atoms with Gasteiger partial charge in [-0.3, -0.25) is 0 Å². The van der Waals surface area contributed by atoms with Crippen LogP contribution in [0.3, 0.4) is 0 Å². The van der Waals surface area contributed by atoms with Gasteiger partial charge in [0.1, 0.15) is 5.82 Å². The second-order valence-corrected chi connectivity index (χ2v) is 6.33. The van der Waals surface area contributed by atoms with Gasteiger partial charge in [0.15, 0.2) is 0 Å². The van der Waals surface area contributed by atoms with Crippen LogP contribution in [0.15, 0.2) is 79.0 Å². The van der Waals surface area contributed by atoms with E-state index < -0.39 is 0 Å². The van der Waals surface area contributed by atoms with Gasteiger partial charge in [-0.15, -0.1) is 0 Å². The summed E-state index contributed by atoms with van der Waals surface area (Å²) in [5, 5.41) is 2.59. The number of rotatable bonds is 4. The van der Waals surface area contributed by atoms with Crippen molar-refractivity contribution in [1.29, 1.82) is 0 Å². The van der Waals surface area contributed by atoms with Gasteiger partial charge in [-0.1, -0.05) is 79.7 Å². The lowest BCUT2D eigenvalue weighted by Gasteiger charge is -2.10. The lowest BCUT2D eigenvalue weighted by atomic mass is 9.98. The maximum absolute atomic E-state index is 4.60. The van der Waals surface area contributed by atoms with Gasteiger partial charge in [-0.2, -0.15) is 0 Å². The molecule has 0 aliphatic heterocycles. The Hall–Kier alpha value is -2.87. The molecule has 0 unspecified atom stereocenters. The van der Waals surface area contributed by atoms with E-state index in [-0.39, 0.29) is 0 Å². The van der Waals surface area contributed by atoms with Crippen molar-refractivity contribution in [2.24, 2.45) is 0 Å². The minimum atomic E-state index is 0.351. The van der Waals surface area contributed by atoms with Crippen LogP contribution in [0.2, 0.25) is 0 Å². The highest BCUT2D eigenvalue weighted by molar-refractivity contribution is 5.83. The van der Waals surface area contributed by atoms with Crippen LogP contribution in [0, 0.1) is 0 Å². The summed E-state index contributed by atoms with van der Waals surface area (Å²) in [6, 6.07) is 25.5. The fourth-order valence-electron chi connectivity index (χ4n) is 3.17. The van der Waals surface area contributed by atoms with Crippen molar-refractivity contribution >= 4 is 10.8 Å². The molecule has 0 fully saturated rings. The Kier molecular flexibility index (Phi) is 3.87. The Morgan fingerprint density at radius 2 is 1.62 bits per heavy atom. The second kappa shape index (κ2) is 6.32. The Balaban J connectivity index is 1.55. The van der Waals surface area contributed by atoms with Crippen molar-refractivity contribution in [3.8, 4) is 11.3 Å². The zero-order valence-corrected chi connectivity index (χ0v) is 13.7. The molecule has 2 nitrogen and oxygen atoms in total. The molecule has 1 N–H and O–H groups in total. The molecule has 24 heavy (non-hydrogen) atoms. The molecule has 118 valence electrons. The quantitative estimate of drug-likeness (QED) is 0.524. The number of nitrogens with zero attached hydrogens (tertiary/aromatic N) is 1. The minimum absolute atomic E-state index is 0.351. The lowest BCUT2D eigenvalue weighted by Crippen LogP contribution is -2.00. The van der Waals surface area contributed by atoms with E-state index in [9.17, 15) is 0 Å². The van der Waals surface area contributed by atoms with Crippen molar-refractivity contribution in [2.45, 2.75) is 19.3 Å². The Morgan fingerprint density at radius 1 is 0.875 bits per heavy atom. The van der Waals surface area contributed by atoms with Crippen molar-refractivity contribution in [2.75, 3.05) is 0 Å². The van der Waals surface area contributed by atoms with E-state index in [1.807, 2.05) is 24.4 Å². The summed E-state index contributed by atoms with van der Waals surface area (Å²) in [6.45, 7) is 2.22. The smallest absolute Gasteiger partial charge is 0.109 e. The van der Waals surface area contributed by atoms with Crippen LogP contribution in [0.4, 0.5) is 0 Å². The van der Waals surface area contributed by atoms with Gasteiger partial charge in [0.2, 0.25) is 0 Å². The van der Waals surface area contributed by atoms with Gasteiger partial charge >= 0.3 is 0 Å². The van der Waals surface area contributed by atoms with Gasteiger partial charge in [-0.05, 0) is 28.3 Å². The highest BCUT2D eigenvalue weighted by Crippen LogP contribution is 2.24. The van der Waals surface area contributed by atoms with Gasteiger partial charge in [0.05, 0.1) is 11.9 Å². The molecule has 0 saturated carbocycles. The topological polar surface area (TPSA) is 28.7 Å². The van der Waals surface area contributed by atoms with Crippen LogP contribution < -0.4 is 0 Å². The summed E-state index contributed by atoms with van der Waals surface area (Å²) < 4.78 is 0. The Labute approximate surface area is 142 Å². The monoisotopic (exact) mass is 312 g/mol. The number of hydrogen-bond donors (Lipinski definition) is 1. The fourth-order valence-corrected chi connectivity index (χ4v) is 3.17. The first-order chi connectivity index (χ1) is 11.8. The van der Waals surface area contributed by atoms with Crippen molar-refractivity contribution in [3.63, 3.8) is 0 Å². The lowest BCUT2D eigenvalue weighted by molar-refractivity contribution is 0.711. The Morgan fingerprint density at radius 3 is 2.46 bits per heavy atom. The van der Waals surface area contributed by atoms with Crippen molar-refractivity contribution in [3.05, 3.63) is 90.4 Å². The number of H-pyrrole nitrogens is 1. The normalized spacial score (nSPS) is 12.4. The van der Waals surface area contributed by atoms with Crippen molar-refractivity contribution < 1.29 is 0 Å². The average Bonchev–Trinajstić information content (AvgIpc) is 3.13. The van der Waals surface area contributed by atoms with E-state index in [1.165, 1.54) is 21.9 Å². The SMILES string of the molecule is C[C@H](Cc1ccc2ccccc2c1)c1ncc(-c2ccccc2)[nH]1. The summed E-state index contributed by atoms with van der Waals surface area (Å²) >= 11 is 0. The van der Waals surface area contributed by atoms with Crippen LogP contribution in [0.5, 0.6) is 0 Å². The molecule has 0 spiro atoms. The first kappa shape index (κ1) is 14.7. The van der Waals surface area contributed by atoms with Gasteiger partial charge in [0, 0.05) is 5.92 Å². The predicted molar refractivity (Wildman–Crippen MR) is 100 cm³/mol. The molecule has 2 heteroatoms. The standard InChI is InChI=1S/C22H20N2/c1-16(13-17-11-12-18-7-5-6-10-20(18)14-17)22-23-15-21(24-22)19-8-3-2-4-9-19/h2-12,14-16H,13H2,1H3,(H,23,24)/t16-/m1/s1. The van der Waals surface area contributed by atoms with E-state index >= 15 is 0 Å². The van der Waals surface area contributed by atoms with Crippen LogP contribution in [0.25, 0.3) is 22.0 Å². The van der Waals surface area contributed by atoms with E-state index in [0.717, 1.165) is 17.9 Å². The second-order valence-electron chi connectivity index (χ2n) is 6.33. The maximum Gasteiger partial charge on any atom is 0.109 e. The third kappa shape index (κ3) is 2.95.